The predicted octanol–water partition coefficient (Wildman–Crippen LogP) is 3.76. The maximum Gasteiger partial charge on any atom is 0.431 e. The molecule has 0 fully saturated rings. The van der Waals surface area contributed by atoms with Crippen LogP contribution in [0.4, 0.5) is 13.2 Å². The standard InChI is InChI=1S/C13H9F3N2OS/c14-13(15,16)11-6-9(17-12(20)18-11)7-1-2-10-8(5-7)3-4-19-10/h1-2,5-6H,3-4H2,(H,17,18,20). The van der Waals surface area contributed by atoms with Gasteiger partial charge in [-0.15, -0.1) is 0 Å². The molecule has 2 aromatic rings. The minimum absolute atomic E-state index is 0.188. The van der Waals surface area contributed by atoms with E-state index in [0.29, 0.717) is 12.2 Å². The predicted molar refractivity (Wildman–Crippen MR) is 69.1 cm³/mol. The molecule has 1 aliphatic rings. The topological polar surface area (TPSA) is 37.9 Å². The number of nitrogens with one attached hydrogen (secondary N) is 1. The molecule has 0 unspecified atom stereocenters. The van der Waals surface area contributed by atoms with Gasteiger partial charge in [0.1, 0.15) is 11.4 Å². The lowest BCUT2D eigenvalue weighted by molar-refractivity contribution is -0.141. The van der Waals surface area contributed by atoms with Crippen molar-refractivity contribution in [2.45, 2.75) is 12.6 Å². The second kappa shape index (κ2) is 4.59. The molecule has 20 heavy (non-hydrogen) atoms. The summed E-state index contributed by atoms with van der Waals surface area (Å²) in [4.78, 5) is 6.03. The Morgan fingerprint density at radius 3 is 2.80 bits per heavy atom. The van der Waals surface area contributed by atoms with Gasteiger partial charge in [-0.25, -0.2) is 4.98 Å². The zero-order chi connectivity index (χ0) is 14.3. The molecular formula is C13H9F3N2OS. The highest BCUT2D eigenvalue weighted by atomic mass is 32.1. The molecule has 1 N–H and O–H groups in total. The number of fused-ring (bicyclic) bond motifs is 1. The Morgan fingerprint density at radius 1 is 1.25 bits per heavy atom. The molecule has 3 rings (SSSR count). The van der Waals surface area contributed by atoms with Gasteiger partial charge in [0, 0.05) is 12.0 Å². The number of ether oxygens (including phenoxy) is 1. The van der Waals surface area contributed by atoms with Crippen LogP contribution in [0.1, 0.15) is 11.3 Å². The first-order valence-electron chi connectivity index (χ1n) is 5.88. The van der Waals surface area contributed by atoms with Crippen LogP contribution >= 0.6 is 12.2 Å². The lowest BCUT2D eigenvalue weighted by atomic mass is 10.1. The molecule has 0 atom stereocenters. The third kappa shape index (κ3) is 2.40. The first kappa shape index (κ1) is 13.1. The van der Waals surface area contributed by atoms with Gasteiger partial charge in [0.25, 0.3) is 0 Å². The zero-order valence-electron chi connectivity index (χ0n) is 10.1. The Balaban J connectivity index is 2.10. The molecule has 0 saturated carbocycles. The van der Waals surface area contributed by atoms with Crippen LogP contribution in [0.2, 0.25) is 0 Å². The third-order valence-electron chi connectivity index (χ3n) is 3.04. The molecule has 104 valence electrons. The van der Waals surface area contributed by atoms with Gasteiger partial charge < -0.3 is 9.72 Å². The second-order valence-electron chi connectivity index (χ2n) is 4.40. The molecule has 1 aromatic carbocycles. The lowest BCUT2D eigenvalue weighted by Gasteiger charge is -2.09. The van der Waals surface area contributed by atoms with Gasteiger partial charge in [-0.2, -0.15) is 13.2 Å². The molecule has 0 amide bonds. The van der Waals surface area contributed by atoms with Gasteiger partial charge in [0.15, 0.2) is 4.77 Å². The molecule has 1 aliphatic heterocycles. The molecule has 0 saturated heterocycles. The molecule has 2 heterocycles. The van der Waals surface area contributed by atoms with E-state index in [0.717, 1.165) is 23.8 Å². The number of hydrogen-bond acceptors (Lipinski definition) is 3. The average molecular weight is 298 g/mol. The largest absolute Gasteiger partial charge is 0.493 e. The number of aromatic amines is 1. The molecule has 0 aliphatic carbocycles. The number of rotatable bonds is 1. The van der Waals surface area contributed by atoms with E-state index in [4.69, 9.17) is 17.0 Å². The highest BCUT2D eigenvalue weighted by Crippen LogP contribution is 2.32. The van der Waals surface area contributed by atoms with Crippen molar-refractivity contribution >= 4 is 12.2 Å². The number of benzene rings is 1. The molecular weight excluding hydrogens is 289 g/mol. The van der Waals surface area contributed by atoms with Crippen LogP contribution in [0.3, 0.4) is 0 Å². The van der Waals surface area contributed by atoms with Gasteiger partial charge in [0.2, 0.25) is 0 Å². The van der Waals surface area contributed by atoms with E-state index in [1.807, 2.05) is 0 Å². The van der Waals surface area contributed by atoms with Crippen LogP contribution < -0.4 is 4.74 Å². The normalized spacial score (nSPS) is 13.9. The van der Waals surface area contributed by atoms with E-state index in [1.165, 1.54) is 0 Å². The van der Waals surface area contributed by atoms with Crippen molar-refractivity contribution in [3.8, 4) is 17.0 Å². The molecule has 3 nitrogen and oxygen atoms in total. The van der Waals surface area contributed by atoms with E-state index in [1.54, 1.807) is 18.2 Å². The molecule has 0 radical (unpaired) electrons. The lowest BCUT2D eigenvalue weighted by Crippen LogP contribution is -2.09. The Bertz CT molecular complexity index is 724. The van der Waals surface area contributed by atoms with Gasteiger partial charge in [0.05, 0.1) is 12.3 Å². The van der Waals surface area contributed by atoms with Crippen molar-refractivity contribution in [1.29, 1.82) is 0 Å². The number of halogens is 3. The third-order valence-corrected chi connectivity index (χ3v) is 3.23. The summed E-state index contributed by atoms with van der Waals surface area (Å²) >= 11 is 4.76. The van der Waals surface area contributed by atoms with Crippen LogP contribution in [0.25, 0.3) is 11.3 Å². The summed E-state index contributed by atoms with van der Waals surface area (Å²) in [5, 5.41) is 0. The Morgan fingerprint density at radius 2 is 2.05 bits per heavy atom. The summed E-state index contributed by atoms with van der Waals surface area (Å²) in [6.45, 7) is 0.592. The Labute approximate surface area is 117 Å². The fourth-order valence-corrected chi connectivity index (χ4v) is 2.31. The molecule has 7 heteroatoms. The fourth-order valence-electron chi connectivity index (χ4n) is 2.10. The zero-order valence-corrected chi connectivity index (χ0v) is 10.9. The highest BCUT2D eigenvalue weighted by molar-refractivity contribution is 7.71. The summed E-state index contributed by atoms with van der Waals surface area (Å²) in [7, 11) is 0. The highest BCUT2D eigenvalue weighted by Gasteiger charge is 2.32. The summed E-state index contributed by atoms with van der Waals surface area (Å²) in [5.41, 5.74) is 0.872. The van der Waals surface area contributed by atoms with Crippen molar-refractivity contribution in [2.75, 3.05) is 6.61 Å². The molecule has 0 bridgehead atoms. The monoisotopic (exact) mass is 298 g/mol. The maximum atomic E-state index is 12.8. The average Bonchev–Trinajstić information content (AvgIpc) is 2.84. The number of nitrogens with zero attached hydrogens (tertiary/aromatic N) is 1. The van der Waals surface area contributed by atoms with Crippen molar-refractivity contribution in [1.82, 2.24) is 9.97 Å². The van der Waals surface area contributed by atoms with E-state index >= 15 is 0 Å². The van der Waals surface area contributed by atoms with Crippen LogP contribution in [-0.2, 0) is 12.6 Å². The Hall–Kier alpha value is -1.89. The molecule has 0 spiro atoms. The van der Waals surface area contributed by atoms with E-state index < -0.39 is 11.9 Å². The van der Waals surface area contributed by atoms with Crippen LogP contribution in [0.5, 0.6) is 5.75 Å². The van der Waals surface area contributed by atoms with E-state index in [-0.39, 0.29) is 10.5 Å². The number of alkyl halides is 3. The second-order valence-corrected chi connectivity index (χ2v) is 4.79. The fraction of sp³-hybridized carbons (Fsp3) is 0.231. The number of aromatic nitrogens is 2. The smallest absolute Gasteiger partial charge is 0.431 e. The van der Waals surface area contributed by atoms with E-state index in [2.05, 4.69) is 9.97 Å². The van der Waals surface area contributed by atoms with Gasteiger partial charge in [-0.05, 0) is 42.0 Å². The number of H-pyrrole nitrogens is 1. The summed E-state index contributed by atoms with van der Waals surface area (Å²) in [6.07, 6.45) is -3.74. The Kier molecular flexibility index (Phi) is 3.01. The number of hydrogen-bond donors (Lipinski definition) is 1. The SMILES string of the molecule is FC(F)(F)c1cc(-c2ccc3c(c2)CCO3)nc(=S)[nH]1. The molecule has 1 aromatic heterocycles. The summed E-state index contributed by atoms with van der Waals surface area (Å²) < 4.78 is 43.4. The minimum atomic E-state index is -4.48. The van der Waals surface area contributed by atoms with Gasteiger partial charge in [-0.3, -0.25) is 0 Å². The van der Waals surface area contributed by atoms with Crippen molar-refractivity contribution < 1.29 is 17.9 Å². The van der Waals surface area contributed by atoms with Crippen LogP contribution in [0, 0.1) is 4.77 Å². The summed E-state index contributed by atoms with van der Waals surface area (Å²) in [5.74, 6) is 0.769. The van der Waals surface area contributed by atoms with Crippen LogP contribution in [-0.4, -0.2) is 16.6 Å². The first-order chi connectivity index (χ1) is 9.43. The summed E-state index contributed by atoms with van der Waals surface area (Å²) in [6, 6.07) is 6.18. The van der Waals surface area contributed by atoms with Gasteiger partial charge in [-0.1, -0.05) is 0 Å². The van der Waals surface area contributed by atoms with Crippen LogP contribution in [0.15, 0.2) is 24.3 Å². The maximum absolute atomic E-state index is 12.8. The van der Waals surface area contributed by atoms with Crippen molar-refractivity contribution in [3.05, 3.63) is 40.3 Å². The van der Waals surface area contributed by atoms with Crippen molar-refractivity contribution in [3.63, 3.8) is 0 Å². The van der Waals surface area contributed by atoms with Gasteiger partial charge >= 0.3 is 6.18 Å². The quantitative estimate of drug-likeness (QED) is 0.815. The van der Waals surface area contributed by atoms with Crippen molar-refractivity contribution in [2.24, 2.45) is 0 Å². The van der Waals surface area contributed by atoms with E-state index in [9.17, 15) is 13.2 Å². The minimum Gasteiger partial charge on any atom is -0.493 e. The first-order valence-corrected chi connectivity index (χ1v) is 6.29.